The van der Waals surface area contributed by atoms with Crippen molar-refractivity contribution in [3.8, 4) is 0 Å². The van der Waals surface area contributed by atoms with Gasteiger partial charge in [0.15, 0.2) is 0 Å². The van der Waals surface area contributed by atoms with Gasteiger partial charge in [0, 0.05) is 18.5 Å². The number of halogens is 1. The number of β-amino-alcohol motifs (C(OH)–C–C–N with tert-alkyl or cyclic N) is 1. The Morgan fingerprint density at radius 3 is 3.07 bits per heavy atom. The Morgan fingerprint density at radius 1 is 1.67 bits per heavy atom. The van der Waals surface area contributed by atoms with Gasteiger partial charge in [-0.05, 0) is 34.8 Å². The topological polar surface area (TPSA) is 40.5 Å². The summed E-state index contributed by atoms with van der Waals surface area (Å²) < 4.78 is 0.961. The molecule has 1 saturated heterocycles. The molecular formula is C10H12BrNO2S. The molecule has 0 spiro atoms. The highest BCUT2D eigenvalue weighted by molar-refractivity contribution is 9.11. The summed E-state index contributed by atoms with van der Waals surface area (Å²) in [6.07, 6.45) is 1.33. The van der Waals surface area contributed by atoms with Crippen LogP contribution in [0.15, 0.2) is 15.2 Å². The van der Waals surface area contributed by atoms with Crippen LogP contribution in [0.2, 0.25) is 0 Å². The number of hydrogen-bond donors (Lipinski definition) is 1. The summed E-state index contributed by atoms with van der Waals surface area (Å²) >= 11 is 4.84. The number of piperidine rings is 1. The van der Waals surface area contributed by atoms with Crippen LogP contribution in [0.4, 0.5) is 0 Å². The number of likely N-dealkylation sites (tertiary alicyclic amines) is 1. The van der Waals surface area contributed by atoms with Gasteiger partial charge in [0.05, 0.1) is 15.5 Å². The van der Waals surface area contributed by atoms with Gasteiger partial charge in [0.1, 0.15) is 0 Å². The number of aliphatic hydroxyl groups excluding tert-OH is 1. The first kappa shape index (κ1) is 11.1. The van der Waals surface area contributed by atoms with Crippen molar-refractivity contribution in [2.24, 2.45) is 0 Å². The first-order valence-corrected chi connectivity index (χ1v) is 6.55. The molecular weight excluding hydrogens is 278 g/mol. The van der Waals surface area contributed by atoms with Crippen molar-refractivity contribution in [3.63, 3.8) is 0 Å². The Hall–Kier alpha value is -0.390. The molecule has 3 nitrogen and oxygen atoms in total. The molecule has 1 fully saturated rings. The lowest BCUT2D eigenvalue weighted by Gasteiger charge is -2.29. The molecule has 15 heavy (non-hydrogen) atoms. The van der Waals surface area contributed by atoms with E-state index < -0.39 is 0 Å². The highest BCUT2D eigenvalue weighted by Crippen LogP contribution is 2.22. The third-order valence-electron chi connectivity index (χ3n) is 2.50. The fourth-order valence-corrected chi connectivity index (χ4v) is 2.87. The van der Waals surface area contributed by atoms with Crippen LogP contribution in [0.1, 0.15) is 23.2 Å². The van der Waals surface area contributed by atoms with E-state index in [-0.39, 0.29) is 12.0 Å². The van der Waals surface area contributed by atoms with Gasteiger partial charge in [-0.15, -0.1) is 11.3 Å². The highest BCUT2D eigenvalue weighted by Gasteiger charge is 2.23. The molecule has 1 aromatic rings. The third kappa shape index (κ3) is 2.59. The summed E-state index contributed by atoms with van der Waals surface area (Å²) in [5.41, 5.74) is 0.709. The van der Waals surface area contributed by atoms with E-state index in [4.69, 9.17) is 0 Å². The fraction of sp³-hybridized carbons (Fsp3) is 0.500. The molecule has 1 atom stereocenters. The van der Waals surface area contributed by atoms with Crippen molar-refractivity contribution in [3.05, 3.63) is 20.8 Å². The Balaban J connectivity index is 2.07. The van der Waals surface area contributed by atoms with Crippen molar-refractivity contribution in [1.29, 1.82) is 0 Å². The van der Waals surface area contributed by atoms with Gasteiger partial charge < -0.3 is 10.0 Å². The van der Waals surface area contributed by atoms with Crippen molar-refractivity contribution in [1.82, 2.24) is 4.90 Å². The smallest absolute Gasteiger partial charge is 0.254 e. The minimum atomic E-state index is -0.357. The van der Waals surface area contributed by atoms with Gasteiger partial charge in [-0.3, -0.25) is 4.79 Å². The number of nitrogens with zero attached hydrogens (tertiary/aromatic N) is 1. The number of carbonyl (C=O) groups is 1. The predicted octanol–water partition coefficient (Wildman–Crippen LogP) is 2.11. The van der Waals surface area contributed by atoms with E-state index in [0.717, 1.165) is 23.2 Å². The molecule has 82 valence electrons. The average Bonchev–Trinajstić information content (AvgIpc) is 2.64. The first-order valence-electron chi connectivity index (χ1n) is 4.88. The molecule has 2 rings (SSSR count). The molecule has 0 aromatic carbocycles. The molecule has 1 unspecified atom stereocenters. The summed E-state index contributed by atoms with van der Waals surface area (Å²) in [6.45, 7) is 1.22. The minimum absolute atomic E-state index is 0.0238. The Morgan fingerprint density at radius 2 is 2.47 bits per heavy atom. The van der Waals surface area contributed by atoms with Crippen molar-refractivity contribution < 1.29 is 9.90 Å². The average molecular weight is 290 g/mol. The zero-order valence-electron chi connectivity index (χ0n) is 8.15. The lowest BCUT2D eigenvalue weighted by atomic mass is 10.1. The Kier molecular flexibility index (Phi) is 3.43. The summed E-state index contributed by atoms with van der Waals surface area (Å²) in [7, 11) is 0. The number of aliphatic hydroxyl groups is 1. The molecule has 0 saturated carbocycles. The fourth-order valence-electron chi connectivity index (χ4n) is 1.74. The van der Waals surface area contributed by atoms with E-state index in [1.54, 1.807) is 4.90 Å². The SMILES string of the molecule is O=C(c1csc(Br)c1)N1CCCC(O)C1. The van der Waals surface area contributed by atoms with Gasteiger partial charge in [-0.25, -0.2) is 0 Å². The normalized spacial score (nSPS) is 21.7. The van der Waals surface area contributed by atoms with Gasteiger partial charge in [-0.1, -0.05) is 0 Å². The van der Waals surface area contributed by atoms with Crippen LogP contribution in [-0.2, 0) is 0 Å². The first-order chi connectivity index (χ1) is 7.16. The van der Waals surface area contributed by atoms with Gasteiger partial charge in [0.25, 0.3) is 5.91 Å². The molecule has 1 aromatic heterocycles. The zero-order valence-corrected chi connectivity index (χ0v) is 10.6. The van der Waals surface area contributed by atoms with E-state index in [9.17, 15) is 9.90 Å². The monoisotopic (exact) mass is 289 g/mol. The molecule has 1 aliphatic heterocycles. The van der Waals surface area contributed by atoms with E-state index in [1.807, 2.05) is 11.4 Å². The zero-order chi connectivity index (χ0) is 10.8. The second-order valence-electron chi connectivity index (χ2n) is 3.69. The minimum Gasteiger partial charge on any atom is -0.391 e. The maximum Gasteiger partial charge on any atom is 0.254 e. The van der Waals surface area contributed by atoms with Gasteiger partial charge >= 0.3 is 0 Å². The number of hydrogen-bond acceptors (Lipinski definition) is 3. The van der Waals surface area contributed by atoms with Crippen molar-refractivity contribution >= 4 is 33.2 Å². The molecule has 0 bridgehead atoms. The van der Waals surface area contributed by atoms with Gasteiger partial charge in [-0.2, -0.15) is 0 Å². The van der Waals surface area contributed by atoms with Gasteiger partial charge in [0.2, 0.25) is 0 Å². The van der Waals surface area contributed by atoms with E-state index >= 15 is 0 Å². The van der Waals surface area contributed by atoms with E-state index in [1.165, 1.54) is 11.3 Å². The molecule has 1 N–H and O–H groups in total. The number of amides is 1. The second-order valence-corrected chi connectivity index (χ2v) is 5.98. The molecule has 0 radical (unpaired) electrons. The second kappa shape index (κ2) is 4.63. The van der Waals surface area contributed by atoms with Crippen molar-refractivity contribution in [2.45, 2.75) is 18.9 Å². The summed E-state index contributed by atoms with van der Waals surface area (Å²) in [4.78, 5) is 13.7. The van der Waals surface area contributed by atoms with E-state index in [2.05, 4.69) is 15.9 Å². The molecule has 1 amide bonds. The maximum atomic E-state index is 12.0. The third-order valence-corrected chi connectivity index (χ3v) is 4.00. The quantitative estimate of drug-likeness (QED) is 0.860. The van der Waals surface area contributed by atoms with Crippen LogP contribution in [0.3, 0.4) is 0 Å². The number of rotatable bonds is 1. The Bertz CT molecular complexity index is 366. The summed E-state index contributed by atoms with van der Waals surface area (Å²) in [5.74, 6) is 0.0238. The molecule has 1 aliphatic rings. The summed E-state index contributed by atoms with van der Waals surface area (Å²) in [6, 6.07) is 1.83. The van der Waals surface area contributed by atoms with E-state index in [0.29, 0.717) is 12.1 Å². The maximum absolute atomic E-state index is 12.0. The number of thiophene rings is 1. The number of carbonyl (C=O) groups excluding carboxylic acids is 1. The predicted molar refractivity (Wildman–Crippen MR) is 63.2 cm³/mol. The molecule has 5 heteroatoms. The standard InChI is InChI=1S/C10H12BrNO2S/c11-9-4-7(6-15-9)10(14)12-3-1-2-8(13)5-12/h4,6,8,13H,1-3,5H2. The van der Waals surface area contributed by atoms with Crippen LogP contribution in [0.25, 0.3) is 0 Å². The van der Waals surface area contributed by atoms with Crippen molar-refractivity contribution in [2.75, 3.05) is 13.1 Å². The highest BCUT2D eigenvalue weighted by atomic mass is 79.9. The molecule has 0 aliphatic carbocycles. The van der Waals surface area contributed by atoms with Crippen LogP contribution in [0.5, 0.6) is 0 Å². The lowest BCUT2D eigenvalue weighted by molar-refractivity contribution is 0.0474. The van der Waals surface area contributed by atoms with Crippen LogP contribution >= 0.6 is 27.3 Å². The molecule has 2 heterocycles. The van der Waals surface area contributed by atoms with Crippen LogP contribution in [-0.4, -0.2) is 35.1 Å². The largest absolute Gasteiger partial charge is 0.391 e. The van der Waals surface area contributed by atoms with Crippen LogP contribution in [0, 0.1) is 0 Å². The lowest BCUT2D eigenvalue weighted by Crippen LogP contribution is -2.42. The van der Waals surface area contributed by atoms with Crippen LogP contribution < -0.4 is 0 Å². The Labute approximate surface area is 101 Å². The summed E-state index contributed by atoms with van der Waals surface area (Å²) in [5, 5.41) is 11.3.